The van der Waals surface area contributed by atoms with Crippen LogP contribution >= 0.6 is 0 Å². The molecular formula is C16H27NO2. The Kier molecular flexibility index (Phi) is 6.32. The van der Waals surface area contributed by atoms with E-state index in [-0.39, 0.29) is 11.6 Å². The maximum atomic E-state index is 5.73. The predicted molar refractivity (Wildman–Crippen MR) is 79.7 cm³/mol. The smallest absolute Gasteiger partial charge is 0.124 e. The van der Waals surface area contributed by atoms with E-state index in [1.165, 1.54) is 5.56 Å². The van der Waals surface area contributed by atoms with Gasteiger partial charge in [0.1, 0.15) is 5.75 Å². The lowest BCUT2D eigenvalue weighted by atomic mass is 9.93. The summed E-state index contributed by atoms with van der Waals surface area (Å²) in [6, 6.07) is 8.47. The van der Waals surface area contributed by atoms with Crippen molar-refractivity contribution >= 4 is 0 Å². The van der Waals surface area contributed by atoms with Crippen molar-refractivity contribution in [3.05, 3.63) is 29.8 Å². The maximum absolute atomic E-state index is 5.73. The second-order valence-electron chi connectivity index (χ2n) is 5.25. The quantitative estimate of drug-likeness (QED) is 0.779. The highest BCUT2D eigenvalue weighted by Gasteiger charge is 2.25. The van der Waals surface area contributed by atoms with Crippen LogP contribution in [-0.4, -0.2) is 25.9 Å². The Bertz CT molecular complexity index is 377. The van der Waals surface area contributed by atoms with E-state index in [4.69, 9.17) is 9.47 Å². The fourth-order valence-electron chi connectivity index (χ4n) is 2.17. The first kappa shape index (κ1) is 16.0. The molecule has 1 atom stereocenters. The zero-order chi connectivity index (χ0) is 14.3. The number of para-hydroxylation sites is 1. The summed E-state index contributed by atoms with van der Waals surface area (Å²) in [6.07, 6.45) is 0.904. The minimum absolute atomic E-state index is 0.161. The van der Waals surface area contributed by atoms with E-state index in [0.717, 1.165) is 18.7 Å². The van der Waals surface area contributed by atoms with Gasteiger partial charge in [-0.2, -0.15) is 0 Å². The molecule has 0 fully saturated rings. The summed E-state index contributed by atoms with van der Waals surface area (Å²) in [5.74, 6) is 0.961. The topological polar surface area (TPSA) is 30.5 Å². The second-order valence-corrected chi connectivity index (χ2v) is 5.25. The van der Waals surface area contributed by atoms with E-state index in [1.807, 2.05) is 19.1 Å². The van der Waals surface area contributed by atoms with E-state index in [9.17, 15) is 0 Å². The molecule has 0 amide bonds. The highest BCUT2D eigenvalue weighted by atomic mass is 16.5. The largest absolute Gasteiger partial charge is 0.494 e. The Morgan fingerprint density at radius 3 is 2.47 bits per heavy atom. The average molecular weight is 265 g/mol. The standard InChI is InChI=1S/C16H27NO2/c1-6-17-14(12-16(3,4)18-5)13-10-8-9-11-15(13)19-7-2/h8-11,14,17H,6-7,12H2,1-5H3. The zero-order valence-corrected chi connectivity index (χ0v) is 12.8. The monoisotopic (exact) mass is 265 g/mol. The van der Waals surface area contributed by atoms with Gasteiger partial charge in [0, 0.05) is 18.7 Å². The first-order chi connectivity index (χ1) is 9.04. The summed E-state index contributed by atoms with van der Waals surface area (Å²) in [4.78, 5) is 0. The molecule has 0 aromatic heterocycles. The summed E-state index contributed by atoms with van der Waals surface area (Å²) >= 11 is 0. The number of methoxy groups -OCH3 is 1. The van der Waals surface area contributed by atoms with Gasteiger partial charge in [-0.05, 0) is 39.8 Å². The van der Waals surface area contributed by atoms with Crippen LogP contribution in [0.5, 0.6) is 5.75 Å². The Hall–Kier alpha value is -1.06. The first-order valence-electron chi connectivity index (χ1n) is 7.04. The lowest BCUT2D eigenvalue weighted by Crippen LogP contribution is -2.32. The van der Waals surface area contributed by atoms with Crippen LogP contribution < -0.4 is 10.1 Å². The third-order valence-corrected chi connectivity index (χ3v) is 3.29. The molecule has 0 saturated heterocycles. The lowest BCUT2D eigenvalue weighted by Gasteiger charge is -2.30. The van der Waals surface area contributed by atoms with E-state index < -0.39 is 0 Å². The summed E-state index contributed by atoms with van der Waals surface area (Å²) in [5, 5.41) is 3.53. The van der Waals surface area contributed by atoms with Crippen LogP contribution in [0.1, 0.15) is 45.7 Å². The SMILES string of the molecule is CCNC(CC(C)(C)OC)c1ccccc1OCC. The summed E-state index contributed by atoms with van der Waals surface area (Å²) < 4.78 is 11.3. The van der Waals surface area contributed by atoms with Crippen molar-refractivity contribution in [3.63, 3.8) is 0 Å². The van der Waals surface area contributed by atoms with Crippen molar-refractivity contribution in [2.24, 2.45) is 0 Å². The van der Waals surface area contributed by atoms with Crippen molar-refractivity contribution in [1.29, 1.82) is 0 Å². The molecule has 1 aromatic rings. The number of hydrogen-bond donors (Lipinski definition) is 1. The van der Waals surface area contributed by atoms with Crippen LogP contribution in [0.3, 0.4) is 0 Å². The summed E-state index contributed by atoms with van der Waals surface area (Å²) in [7, 11) is 1.76. The number of rotatable bonds is 8. The van der Waals surface area contributed by atoms with Gasteiger partial charge in [0.2, 0.25) is 0 Å². The number of nitrogens with one attached hydrogen (secondary N) is 1. The Balaban J connectivity index is 2.98. The molecule has 0 radical (unpaired) electrons. The Labute approximate surface area is 117 Å². The van der Waals surface area contributed by atoms with Crippen molar-refractivity contribution in [2.45, 2.75) is 45.8 Å². The Morgan fingerprint density at radius 1 is 1.21 bits per heavy atom. The van der Waals surface area contributed by atoms with Crippen molar-refractivity contribution in [2.75, 3.05) is 20.3 Å². The molecule has 108 valence electrons. The number of ether oxygens (including phenoxy) is 2. The van der Waals surface area contributed by atoms with Gasteiger partial charge in [0.05, 0.1) is 12.2 Å². The number of benzene rings is 1. The van der Waals surface area contributed by atoms with Gasteiger partial charge in [-0.15, -0.1) is 0 Å². The molecule has 0 saturated carbocycles. The minimum atomic E-state index is -0.161. The van der Waals surface area contributed by atoms with Gasteiger partial charge in [0.15, 0.2) is 0 Å². The van der Waals surface area contributed by atoms with Crippen LogP contribution in [-0.2, 0) is 4.74 Å². The third kappa shape index (κ3) is 4.84. The first-order valence-corrected chi connectivity index (χ1v) is 7.04. The van der Waals surface area contributed by atoms with Crippen LogP contribution in [0.4, 0.5) is 0 Å². The fraction of sp³-hybridized carbons (Fsp3) is 0.625. The van der Waals surface area contributed by atoms with Gasteiger partial charge in [-0.25, -0.2) is 0 Å². The molecule has 0 aliphatic heterocycles. The van der Waals surface area contributed by atoms with Gasteiger partial charge in [-0.1, -0.05) is 25.1 Å². The molecule has 1 unspecified atom stereocenters. The summed E-state index contributed by atoms with van der Waals surface area (Å²) in [5.41, 5.74) is 1.04. The average Bonchev–Trinajstić information content (AvgIpc) is 2.39. The summed E-state index contributed by atoms with van der Waals surface area (Å²) in [6.45, 7) is 9.96. The van der Waals surface area contributed by atoms with Gasteiger partial charge < -0.3 is 14.8 Å². The number of hydrogen-bond acceptors (Lipinski definition) is 3. The van der Waals surface area contributed by atoms with Gasteiger partial charge in [0.25, 0.3) is 0 Å². The van der Waals surface area contributed by atoms with Crippen LogP contribution in [0, 0.1) is 0 Å². The third-order valence-electron chi connectivity index (χ3n) is 3.29. The van der Waals surface area contributed by atoms with Crippen molar-refractivity contribution in [3.8, 4) is 5.75 Å². The lowest BCUT2D eigenvalue weighted by molar-refractivity contribution is 0.00678. The molecule has 1 N–H and O–H groups in total. The molecular weight excluding hydrogens is 238 g/mol. The van der Waals surface area contributed by atoms with Gasteiger partial charge in [-0.3, -0.25) is 0 Å². The molecule has 19 heavy (non-hydrogen) atoms. The molecule has 0 heterocycles. The molecule has 0 spiro atoms. The van der Waals surface area contributed by atoms with Crippen LogP contribution in [0.2, 0.25) is 0 Å². The maximum Gasteiger partial charge on any atom is 0.124 e. The van der Waals surface area contributed by atoms with Crippen LogP contribution in [0.25, 0.3) is 0 Å². The molecule has 0 aliphatic rings. The van der Waals surface area contributed by atoms with Crippen LogP contribution in [0.15, 0.2) is 24.3 Å². The minimum Gasteiger partial charge on any atom is -0.494 e. The predicted octanol–water partition coefficient (Wildman–Crippen LogP) is 3.55. The van der Waals surface area contributed by atoms with Crippen molar-refractivity contribution < 1.29 is 9.47 Å². The van der Waals surface area contributed by atoms with E-state index in [2.05, 4.69) is 38.2 Å². The van der Waals surface area contributed by atoms with E-state index in [1.54, 1.807) is 7.11 Å². The van der Waals surface area contributed by atoms with E-state index in [0.29, 0.717) is 6.61 Å². The molecule has 3 nitrogen and oxygen atoms in total. The Morgan fingerprint density at radius 2 is 1.89 bits per heavy atom. The molecule has 3 heteroatoms. The highest BCUT2D eigenvalue weighted by Crippen LogP contribution is 2.31. The van der Waals surface area contributed by atoms with Crippen molar-refractivity contribution in [1.82, 2.24) is 5.32 Å². The fourth-order valence-corrected chi connectivity index (χ4v) is 2.17. The zero-order valence-electron chi connectivity index (χ0n) is 12.8. The molecule has 1 rings (SSSR count). The second kappa shape index (κ2) is 7.51. The van der Waals surface area contributed by atoms with Gasteiger partial charge >= 0.3 is 0 Å². The normalized spacial score (nSPS) is 13.3. The molecule has 0 aliphatic carbocycles. The molecule has 0 bridgehead atoms. The van der Waals surface area contributed by atoms with E-state index >= 15 is 0 Å². The molecule has 1 aromatic carbocycles. The highest BCUT2D eigenvalue weighted by molar-refractivity contribution is 5.36.